The monoisotopic (exact) mass is 714 g/mol. The van der Waals surface area contributed by atoms with Crippen LogP contribution in [0.3, 0.4) is 0 Å². The van der Waals surface area contributed by atoms with Gasteiger partial charge in [-0.3, -0.25) is 0 Å². The van der Waals surface area contributed by atoms with Gasteiger partial charge >= 0.3 is 0 Å². The molecule has 0 atom stereocenters. The Kier molecular flexibility index (Phi) is 7.49. The number of hydrogen-bond donors (Lipinski definition) is 0. The maximum atomic E-state index is 6.65. The number of aromatic nitrogens is 1. The summed E-state index contributed by atoms with van der Waals surface area (Å²) < 4.78 is 6.65. The summed E-state index contributed by atoms with van der Waals surface area (Å²) in [5, 5.41) is 9.29. The molecule has 56 heavy (non-hydrogen) atoms. The van der Waals surface area contributed by atoms with E-state index in [0.29, 0.717) is 5.89 Å². The van der Waals surface area contributed by atoms with Crippen LogP contribution >= 0.6 is 0 Å². The Morgan fingerprint density at radius 1 is 0.357 bits per heavy atom. The zero-order chi connectivity index (χ0) is 37.0. The second kappa shape index (κ2) is 13.1. The van der Waals surface area contributed by atoms with E-state index < -0.39 is 0 Å². The number of anilines is 3. The Labute approximate surface area is 324 Å². The molecule has 10 aromatic carbocycles. The van der Waals surface area contributed by atoms with E-state index in [0.717, 1.165) is 71.6 Å². The molecule has 0 radical (unpaired) electrons. The maximum absolute atomic E-state index is 6.65. The minimum absolute atomic E-state index is 0.627. The number of rotatable bonds is 6. The molecule has 3 nitrogen and oxygen atoms in total. The third-order valence-corrected chi connectivity index (χ3v) is 11.0. The van der Waals surface area contributed by atoms with E-state index in [2.05, 4.69) is 181 Å². The highest BCUT2D eigenvalue weighted by Crippen LogP contribution is 2.44. The Hall–Kier alpha value is -7.49. The standard InChI is InChI=1S/C53H34N2O/c1-3-11-35(12-4-1)37-25-29-44(30-26-37)55(45-18-9-17-42(34-45)43-24-21-36-13-7-8-16-41(36)33-43)49-20-10-19-47-46(49)31-27-38-22-23-39-28-32-48-52(51(39)50(38)47)56-53(54-48)40-14-5-2-6-15-40/h1-34H. The average Bonchev–Trinajstić information content (AvgIpc) is 3.72. The Morgan fingerprint density at radius 2 is 0.964 bits per heavy atom. The number of fused-ring (bicyclic) bond motifs is 8. The molecule has 11 aromatic rings. The quantitative estimate of drug-likeness (QED) is 0.161. The van der Waals surface area contributed by atoms with Crippen LogP contribution in [0.1, 0.15) is 0 Å². The minimum atomic E-state index is 0.627. The van der Waals surface area contributed by atoms with Crippen molar-refractivity contribution in [1.82, 2.24) is 4.98 Å². The normalized spacial score (nSPS) is 11.6. The molecule has 3 heteroatoms. The van der Waals surface area contributed by atoms with Crippen molar-refractivity contribution in [3.63, 3.8) is 0 Å². The summed E-state index contributed by atoms with van der Waals surface area (Å²) in [6, 6.07) is 73.6. The van der Waals surface area contributed by atoms with Gasteiger partial charge in [-0.15, -0.1) is 0 Å². The maximum Gasteiger partial charge on any atom is 0.227 e. The molecule has 0 fully saturated rings. The predicted molar refractivity (Wildman–Crippen MR) is 235 cm³/mol. The van der Waals surface area contributed by atoms with E-state index in [1.165, 1.54) is 27.5 Å². The zero-order valence-electron chi connectivity index (χ0n) is 30.4. The van der Waals surface area contributed by atoms with Gasteiger partial charge in [-0.05, 0) is 104 Å². The van der Waals surface area contributed by atoms with Gasteiger partial charge < -0.3 is 9.32 Å². The zero-order valence-corrected chi connectivity index (χ0v) is 30.4. The van der Waals surface area contributed by atoms with Crippen molar-refractivity contribution in [3.8, 4) is 33.7 Å². The lowest BCUT2D eigenvalue weighted by atomic mass is 9.94. The lowest BCUT2D eigenvalue weighted by Gasteiger charge is -2.28. The molecule has 0 N–H and O–H groups in total. The number of hydrogen-bond acceptors (Lipinski definition) is 3. The molecule has 0 aliphatic heterocycles. The van der Waals surface area contributed by atoms with Gasteiger partial charge in [0.05, 0.1) is 5.69 Å². The first-order valence-corrected chi connectivity index (χ1v) is 19.0. The summed E-state index contributed by atoms with van der Waals surface area (Å²) >= 11 is 0. The van der Waals surface area contributed by atoms with Crippen molar-refractivity contribution in [2.75, 3.05) is 4.90 Å². The number of oxazole rings is 1. The van der Waals surface area contributed by atoms with Crippen molar-refractivity contribution in [2.45, 2.75) is 0 Å². The fraction of sp³-hybridized carbons (Fsp3) is 0. The molecule has 0 unspecified atom stereocenters. The van der Waals surface area contributed by atoms with Gasteiger partial charge in [0.15, 0.2) is 5.58 Å². The van der Waals surface area contributed by atoms with Crippen molar-refractivity contribution in [2.24, 2.45) is 0 Å². The van der Waals surface area contributed by atoms with E-state index in [9.17, 15) is 0 Å². The van der Waals surface area contributed by atoms with Crippen LogP contribution in [0.5, 0.6) is 0 Å². The van der Waals surface area contributed by atoms with E-state index >= 15 is 0 Å². The SMILES string of the molecule is c1ccc(-c2ccc(N(c3cccc(-c4ccc5ccccc5c4)c3)c3cccc4c3ccc3ccc5ccc6nc(-c7ccccc7)oc6c5c34)cc2)cc1. The predicted octanol–water partition coefficient (Wildman–Crippen LogP) is 14.9. The molecule has 0 aliphatic rings. The molecule has 0 spiro atoms. The summed E-state index contributed by atoms with van der Waals surface area (Å²) in [4.78, 5) is 7.35. The third-order valence-electron chi connectivity index (χ3n) is 11.0. The van der Waals surface area contributed by atoms with Crippen molar-refractivity contribution < 1.29 is 4.42 Å². The highest BCUT2D eigenvalue weighted by atomic mass is 16.3. The fourth-order valence-electron chi connectivity index (χ4n) is 8.31. The Morgan fingerprint density at radius 3 is 1.79 bits per heavy atom. The first-order chi connectivity index (χ1) is 27.7. The van der Waals surface area contributed by atoms with Crippen LogP contribution in [0.25, 0.3) is 87.9 Å². The average molecular weight is 715 g/mol. The summed E-state index contributed by atoms with van der Waals surface area (Å²) in [6.45, 7) is 0. The third kappa shape index (κ3) is 5.40. The highest BCUT2D eigenvalue weighted by molar-refractivity contribution is 6.27. The number of benzene rings is 10. The molecule has 11 rings (SSSR count). The van der Waals surface area contributed by atoms with Gasteiger partial charge in [0.25, 0.3) is 0 Å². The van der Waals surface area contributed by atoms with E-state index in [-0.39, 0.29) is 0 Å². The molecule has 0 bridgehead atoms. The molecule has 0 saturated carbocycles. The summed E-state index contributed by atoms with van der Waals surface area (Å²) in [5.74, 6) is 0.627. The summed E-state index contributed by atoms with van der Waals surface area (Å²) in [5.41, 5.74) is 10.6. The van der Waals surface area contributed by atoms with Crippen LogP contribution in [-0.4, -0.2) is 4.98 Å². The van der Waals surface area contributed by atoms with Crippen molar-refractivity contribution >= 4 is 71.3 Å². The summed E-state index contributed by atoms with van der Waals surface area (Å²) in [6.07, 6.45) is 0. The van der Waals surface area contributed by atoms with Gasteiger partial charge in [0.1, 0.15) is 5.52 Å². The molecule has 0 saturated heterocycles. The molecular weight excluding hydrogens is 681 g/mol. The molecule has 1 aromatic heterocycles. The van der Waals surface area contributed by atoms with Crippen LogP contribution in [0.15, 0.2) is 211 Å². The first-order valence-electron chi connectivity index (χ1n) is 19.0. The molecule has 0 amide bonds. The largest absolute Gasteiger partial charge is 0.435 e. The second-order valence-corrected chi connectivity index (χ2v) is 14.4. The summed E-state index contributed by atoms with van der Waals surface area (Å²) in [7, 11) is 0. The molecular formula is C53H34N2O. The lowest BCUT2D eigenvalue weighted by molar-refractivity contribution is 0.623. The second-order valence-electron chi connectivity index (χ2n) is 14.4. The first kappa shape index (κ1) is 32.0. The highest BCUT2D eigenvalue weighted by Gasteiger charge is 2.20. The minimum Gasteiger partial charge on any atom is -0.435 e. The van der Waals surface area contributed by atoms with Crippen molar-refractivity contribution in [3.05, 3.63) is 206 Å². The molecule has 1 heterocycles. The van der Waals surface area contributed by atoms with Crippen LogP contribution in [0, 0.1) is 0 Å². The van der Waals surface area contributed by atoms with Gasteiger partial charge in [-0.1, -0.05) is 152 Å². The van der Waals surface area contributed by atoms with E-state index in [4.69, 9.17) is 9.40 Å². The van der Waals surface area contributed by atoms with Crippen LogP contribution in [0.2, 0.25) is 0 Å². The smallest absolute Gasteiger partial charge is 0.227 e. The fourth-order valence-corrected chi connectivity index (χ4v) is 8.31. The van der Waals surface area contributed by atoms with Crippen LogP contribution in [0.4, 0.5) is 17.1 Å². The van der Waals surface area contributed by atoms with Gasteiger partial charge in [-0.25, -0.2) is 4.98 Å². The molecule has 0 aliphatic carbocycles. The number of nitrogens with zero attached hydrogens (tertiary/aromatic N) is 2. The van der Waals surface area contributed by atoms with E-state index in [1.54, 1.807) is 0 Å². The lowest BCUT2D eigenvalue weighted by Crippen LogP contribution is -2.10. The topological polar surface area (TPSA) is 29.3 Å². The Bertz CT molecular complexity index is 3240. The van der Waals surface area contributed by atoms with Gasteiger partial charge in [0.2, 0.25) is 5.89 Å². The van der Waals surface area contributed by atoms with Crippen molar-refractivity contribution in [1.29, 1.82) is 0 Å². The van der Waals surface area contributed by atoms with Gasteiger partial charge in [0, 0.05) is 33.1 Å². The van der Waals surface area contributed by atoms with E-state index in [1.807, 2.05) is 30.3 Å². The van der Waals surface area contributed by atoms with Crippen LogP contribution < -0.4 is 4.90 Å². The Balaban J connectivity index is 1.13. The van der Waals surface area contributed by atoms with Gasteiger partial charge in [-0.2, -0.15) is 0 Å². The molecule has 262 valence electrons. The van der Waals surface area contributed by atoms with Crippen LogP contribution in [-0.2, 0) is 0 Å².